The van der Waals surface area contributed by atoms with E-state index in [9.17, 15) is 19.5 Å². The Labute approximate surface area is 180 Å². The molecule has 1 rings (SSSR count). The Balaban J connectivity index is 2.72. The van der Waals surface area contributed by atoms with Gasteiger partial charge in [-0.15, -0.1) is 0 Å². The average molecular weight is 420 g/mol. The van der Waals surface area contributed by atoms with Crippen molar-refractivity contribution in [2.45, 2.75) is 84.2 Å². The van der Waals surface area contributed by atoms with Crippen LogP contribution in [0.25, 0.3) is 0 Å². The fourth-order valence-electron chi connectivity index (χ4n) is 3.29. The quantitative estimate of drug-likeness (QED) is 0.402. The van der Waals surface area contributed by atoms with Gasteiger partial charge in [-0.25, -0.2) is 0 Å². The standard InChI is InChI=1S/C23H37N3O4/c1-4-5-6-7-8-9-22(29)25-20(16-21(24)28)23(30)26(17(2)3)15-14-18-10-12-19(27)13-11-18/h10-13,17,20,27H,4-9,14-16H2,1-3H3,(H2,24,28)(H,25,29)/t20-/m1/s1. The van der Waals surface area contributed by atoms with Crippen LogP contribution in [0.2, 0.25) is 0 Å². The number of hydrogen-bond acceptors (Lipinski definition) is 4. The van der Waals surface area contributed by atoms with Crippen molar-refractivity contribution in [1.82, 2.24) is 10.2 Å². The van der Waals surface area contributed by atoms with Gasteiger partial charge in [-0.1, -0.05) is 44.7 Å². The topological polar surface area (TPSA) is 113 Å². The summed E-state index contributed by atoms with van der Waals surface area (Å²) in [6.45, 7) is 6.36. The van der Waals surface area contributed by atoms with Crippen LogP contribution in [0.3, 0.4) is 0 Å². The minimum Gasteiger partial charge on any atom is -0.508 e. The van der Waals surface area contributed by atoms with Gasteiger partial charge in [0.05, 0.1) is 6.42 Å². The van der Waals surface area contributed by atoms with Gasteiger partial charge in [0.2, 0.25) is 17.7 Å². The maximum atomic E-state index is 13.1. The molecule has 30 heavy (non-hydrogen) atoms. The van der Waals surface area contributed by atoms with E-state index in [1.165, 1.54) is 0 Å². The Kier molecular flexibility index (Phi) is 11.6. The lowest BCUT2D eigenvalue weighted by molar-refractivity contribution is -0.139. The molecule has 0 unspecified atom stereocenters. The van der Waals surface area contributed by atoms with Gasteiger partial charge in [0.15, 0.2) is 0 Å². The molecule has 0 heterocycles. The zero-order chi connectivity index (χ0) is 22.5. The molecule has 0 saturated carbocycles. The maximum Gasteiger partial charge on any atom is 0.245 e. The fraction of sp³-hybridized carbons (Fsp3) is 0.609. The van der Waals surface area contributed by atoms with Crippen molar-refractivity contribution in [3.63, 3.8) is 0 Å². The number of nitrogens with two attached hydrogens (primary N) is 1. The third-order valence-corrected chi connectivity index (χ3v) is 5.03. The Bertz CT molecular complexity index is 674. The van der Waals surface area contributed by atoms with E-state index >= 15 is 0 Å². The molecule has 4 N–H and O–H groups in total. The van der Waals surface area contributed by atoms with E-state index in [1.807, 2.05) is 13.8 Å². The van der Waals surface area contributed by atoms with Crippen LogP contribution in [0.1, 0.15) is 71.3 Å². The fourth-order valence-corrected chi connectivity index (χ4v) is 3.29. The van der Waals surface area contributed by atoms with Gasteiger partial charge in [-0.05, 0) is 44.4 Å². The molecule has 0 bridgehead atoms. The molecule has 0 aliphatic carbocycles. The Morgan fingerprint density at radius 3 is 2.27 bits per heavy atom. The van der Waals surface area contributed by atoms with Gasteiger partial charge < -0.3 is 21.1 Å². The van der Waals surface area contributed by atoms with Crippen molar-refractivity contribution in [1.29, 1.82) is 0 Å². The van der Waals surface area contributed by atoms with Gasteiger partial charge in [0, 0.05) is 19.0 Å². The number of unbranched alkanes of at least 4 members (excludes halogenated alkanes) is 4. The third-order valence-electron chi connectivity index (χ3n) is 5.03. The highest BCUT2D eigenvalue weighted by atomic mass is 16.3. The number of carbonyl (C=O) groups is 3. The zero-order valence-corrected chi connectivity index (χ0v) is 18.5. The minimum absolute atomic E-state index is 0.101. The first kappa shape index (κ1) is 25.5. The highest BCUT2D eigenvalue weighted by Gasteiger charge is 2.28. The van der Waals surface area contributed by atoms with E-state index in [-0.39, 0.29) is 30.0 Å². The van der Waals surface area contributed by atoms with Crippen LogP contribution >= 0.6 is 0 Å². The van der Waals surface area contributed by atoms with E-state index < -0.39 is 11.9 Å². The SMILES string of the molecule is CCCCCCCC(=O)N[C@H](CC(N)=O)C(=O)N(CCc1ccc(O)cc1)C(C)C. The van der Waals surface area contributed by atoms with E-state index in [1.54, 1.807) is 29.2 Å². The van der Waals surface area contributed by atoms with E-state index in [4.69, 9.17) is 5.73 Å². The highest BCUT2D eigenvalue weighted by Crippen LogP contribution is 2.13. The monoisotopic (exact) mass is 419 g/mol. The summed E-state index contributed by atoms with van der Waals surface area (Å²) in [7, 11) is 0. The normalized spacial score (nSPS) is 11.9. The van der Waals surface area contributed by atoms with Gasteiger partial charge in [0.25, 0.3) is 0 Å². The Morgan fingerprint density at radius 1 is 1.07 bits per heavy atom. The van der Waals surface area contributed by atoms with Crippen molar-refractivity contribution in [2.75, 3.05) is 6.54 Å². The van der Waals surface area contributed by atoms with Crippen LogP contribution in [0, 0.1) is 0 Å². The number of nitrogens with one attached hydrogen (secondary N) is 1. The molecule has 0 fully saturated rings. The molecule has 0 aromatic heterocycles. The maximum absolute atomic E-state index is 13.1. The molecule has 1 aromatic carbocycles. The number of amides is 3. The molecule has 1 aromatic rings. The average Bonchev–Trinajstić information content (AvgIpc) is 2.68. The predicted molar refractivity (Wildman–Crippen MR) is 118 cm³/mol. The minimum atomic E-state index is -0.951. The van der Waals surface area contributed by atoms with Crippen LogP contribution < -0.4 is 11.1 Å². The summed E-state index contributed by atoms with van der Waals surface area (Å²) in [5.41, 5.74) is 6.31. The Morgan fingerprint density at radius 2 is 1.70 bits per heavy atom. The van der Waals surface area contributed by atoms with Crippen LogP contribution in [0.5, 0.6) is 5.75 Å². The van der Waals surface area contributed by atoms with Gasteiger partial charge in [-0.3, -0.25) is 14.4 Å². The number of phenols is 1. The number of rotatable bonds is 14. The largest absolute Gasteiger partial charge is 0.508 e. The van der Waals surface area contributed by atoms with Crippen LogP contribution in [-0.4, -0.2) is 46.4 Å². The molecule has 0 radical (unpaired) electrons. The zero-order valence-electron chi connectivity index (χ0n) is 18.5. The number of carbonyl (C=O) groups excluding carboxylic acids is 3. The second-order valence-corrected chi connectivity index (χ2v) is 8.00. The number of aromatic hydroxyl groups is 1. The van der Waals surface area contributed by atoms with E-state index in [0.29, 0.717) is 19.4 Å². The molecule has 0 spiro atoms. The van der Waals surface area contributed by atoms with Crippen LogP contribution in [0.4, 0.5) is 0 Å². The highest BCUT2D eigenvalue weighted by molar-refractivity contribution is 5.91. The number of hydrogen-bond donors (Lipinski definition) is 3. The molecule has 7 nitrogen and oxygen atoms in total. The molecular formula is C23H37N3O4. The summed E-state index contributed by atoms with van der Waals surface area (Å²) in [4.78, 5) is 38.6. The molecule has 7 heteroatoms. The van der Waals surface area contributed by atoms with Crippen LogP contribution in [-0.2, 0) is 20.8 Å². The predicted octanol–water partition coefficient (Wildman–Crippen LogP) is 2.89. The first-order valence-corrected chi connectivity index (χ1v) is 10.9. The second-order valence-electron chi connectivity index (χ2n) is 8.00. The summed E-state index contributed by atoms with van der Waals surface area (Å²) in [6, 6.07) is 5.77. The summed E-state index contributed by atoms with van der Waals surface area (Å²) in [6.07, 6.45) is 5.82. The molecule has 168 valence electrons. The first-order valence-electron chi connectivity index (χ1n) is 10.9. The number of primary amides is 1. The lowest BCUT2D eigenvalue weighted by atomic mass is 10.1. The molecule has 0 aliphatic rings. The molecule has 0 saturated heterocycles. The number of nitrogens with zero attached hydrogens (tertiary/aromatic N) is 1. The van der Waals surface area contributed by atoms with Gasteiger partial charge in [0.1, 0.15) is 11.8 Å². The lowest BCUT2D eigenvalue weighted by Gasteiger charge is -2.31. The number of phenolic OH excluding ortho intramolecular Hbond substituents is 1. The van der Waals surface area contributed by atoms with Crippen molar-refractivity contribution >= 4 is 17.7 Å². The summed E-state index contributed by atoms with van der Waals surface area (Å²) < 4.78 is 0. The molecule has 0 aliphatic heterocycles. The second kappa shape index (κ2) is 13.6. The van der Waals surface area contributed by atoms with Crippen LogP contribution in [0.15, 0.2) is 24.3 Å². The summed E-state index contributed by atoms with van der Waals surface area (Å²) in [5, 5.41) is 12.1. The lowest BCUT2D eigenvalue weighted by Crippen LogP contribution is -2.52. The van der Waals surface area contributed by atoms with Crippen molar-refractivity contribution in [3.8, 4) is 5.75 Å². The van der Waals surface area contributed by atoms with E-state index in [2.05, 4.69) is 12.2 Å². The summed E-state index contributed by atoms with van der Waals surface area (Å²) in [5.74, 6) is -0.969. The molecule has 1 atom stereocenters. The summed E-state index contributed by atoms with van der Waals surface area (Å²) >= 11 is 0. The number of benzene rings is 1. The van der Waals surface area contributed by atoms with Crippen molar-refractivity contribution in [3.05, 3.63) is 29.8 Å². The van der Waals surface area contributed by atoms with Crippen molar-refractivity contribution in [2.24, 2.45) is 5.73 Å². The van der Waals surface area contributed by atoms with E-state index in [0.717, 1.165) is 37.7 Å². The molecule has 3 amide bonds. The Hall–Kier alpha value is -2.57. The molecular weight excluding hydrogens is 382 g/mol. The van der Waals surface area contributed by atoms with Gasteiger partial charge >= 0.3 is 0 Å². The smallest absolute Gasteiger partial charge is 0.245 e. The first-order chi connectivity index (χ1) is 14.2. The van der Waals surface area contributed by atoms with Gasteiger partial charge in [-0.2, -0.15) is 0 Å². The van der Waals surface area contributed by atoms with Crippen molar-refractivity contribution < 1.29 is 19.5 Å². The third kappa shape index (κ3) is 9.76.